The third-order valence-corrected chi connectivity index (χ3v) is 5.49. The summed E-state index contributed by atoms with van der Waals surface area (Å²) in [6.45, 7) is 3.45. The molecule has 0 aliphatic carbocycles. The van der Waals surface area contributed by atoms with E-state index in [1.165, 1.54) is 36.1 Å². The molecule has 4 heteroatoms. The Balaban J connectivity index is 1.74. The lowest BCUT2D eigenvalue weighted by atomic mass is 10.1. The average Bonchev–Trinajstić information content (AvgIpc) is 2.82. The topological polar surface area (TPSA) is 32.3 Å². The lowest BCUT2D eigenvalue weighted by molar-refractivity contribution is -0.128. The van der Waals surface area contributed by atoms with Crippen LogP contribution < -0.4 is 5.32 Å². The van der Waals surface area contributed by atoms with E-state index in [2.05, 4.69) is 36.5 Å². The van der Waals surface area contributed by atoms with Gasteiger partial charge in [-0.1, -0.05) is 36.2 Å². The van der Waals surface area contributed by atoms with Crippen LogP contribution in [0.5, 0.6) is 0 Å². The fourth-order valence-electron chi connectivity index (χ4n) is 3.06. The van der Waals surface area contributed by atoms with Gasteiger partial charge in [-0.3, -0.25) is 10.1 Å². The molecule has 1 aromatic rings. The second-order valence-corrected chi connectivity index (χ2v) is 7.14. The van der Waals surface area contributed by atoms with Gasteiger partial charge in [-0.2, -0.15) is 11.8 Å². The van der Waals surface area contributed by atoms with Crippen LogP contribution in [0.3, 0.4) is 0 Å². The number of amides is 1. The van der Waals surface area contributed by atoms with Crippen molar-refractivity contribution in [2.24, 2.45) is 0 Å². The van der Waals surface area contributed by atoms with E-state index in [0.29, 0.717) is 11.8 Å². The van der Waals surface area contributed by atoms with Crippen molar-refractivity contribution < 1.29 is 4.79 Å². The number of nitrogens with one attached hydrogen (secondary N) is 1. The highest BCUT2D eigenvalue weighted by molar-refractivity contribution is 7.99. The second-order valence-electron chi connectivity index (χ2n) is 5.73. The van der Waals surface area contributed by atoms with Gasteiger partial charge in [0, 0.05) is 11.8 Å². The lowest BCUT2D eigenvalue weighted by Crippen LogP contribution is -2.36. The molecule has 0 bridgehead atoms. The Kier molecular flexibility index (Phi) is 4.32. The molecule has 0 saturated carbocycles. The molecular formula is C16H22N2OS. The first-order valence-electron chi connectivity index (χ1n) is 7.45. The fraction of sp³-hybridized carbons (Fsp3) is 0.562. The van der Waals surface area contributed by atoms with E-state index in [0.717, 1.165) is 6.54 Å². The molecule has 1 amide bonds. The van der Waals surface area contributed by atoms with Crippen LogP contribution in [0.25, 0.3) is 0 Å². The predicted molar refractivity (Wildman–Crippen MR) is 83.7 cm³/mol. The Morgan fingerprint density at radius 2 is 2.30 bits per heavy atom. The first-order valence-corrected chi connectivity index (χ1v) is 8.50. The van der Waals surface area contributed by atoms with Crippen LogP contribution in [0.15, 0.2) is 24.3 Å². The number of rotatable bonds is 3. The van der Waals surface area contributed by atoms with Gasteiger partial charge in [0.1, 0.15) is 6.17 Å². The molecular weight excluding hydrogens is 268 g/mol. The van der Waals surface area contributed by atoms with E-state index in [1.54, 1.807) is 0 Å². The first kappa shape index (κ1) is 14.0. The zero-order chi connectivity index (χ0) is 13.9. The van der Waals surface area contributed by atoms with E-state index in [-0.39, 0.29) is 12.1 Å². The summed E-state index contributed by atoms with van der Waals surface area (Å²) in [5.74, 6) is 1.48. The van der Waals surface area contributed by atoms with Gasteiger partial charge < -0.3 is 4.90 Å². The van der Waals surface area contributed by atoms with Crippen molar-refractivity contribution in [2.75, 3.05) is 18.8 Å². The minimum absolute atomic E-state index is 0.0601. The van der Waals surface area contributed by atoms with E-state index in [1.807, 2.05) is 16.7 Å². The normalized spacial score (nSPS) is 27.1. The minimum atomic E-state index is 0.0601. The van der Waals surface area contributed by atoms with Gasteiger partial charge in [0.2, 0.25) is 5.91 Å². The number of carbonyl (C=O) groups excluding carboxylic acids is 1. The largest absolute Gasteiger partial charge is 0.321 e. The van der Waals surface area contributed by atoms with Gasteiger partial charge in [-0.25, -0.2) is 0 Å². The van der Waals surface area contributed by atoms with Crippen LogP contribution in [-0.2, 0) is 4.79 Å². The smallest absolute Gasteiger partial charge is 0.238 e. The molecule has 0 spiro atoms. The number of aryl methyl sites for hydroxylation is 1. The molecule has 3 nitrogen and oxygen atoms in total. The summed E-state index contributed by atoms with van der Waals surface area (Å²) in [6, 6.07) is 8.46. The third-order valence-electron chi connectivity index (χ3n) is 4.11. The van der Waals surface area contributed by atoms with Crippen LogP contribution in [0.2, 0.25) is 0 Å². The maximum absolute atomic E-state index is 12.2. The van der Waals surface area contributed by atoms with Crippen LogP contribution >= 0.6 is 11.8 Å². The summed E-state index contributed by atoms with van der Waals surface area (Å²) in [4.78, 5) is 14.2. The Hall–Kier alpha value is -1.00. The quantitative estimate of drug-likeness (QED) is 0.929. The molecule has 2 aliphatic rings. The van der Waals surface area contributed by atoms with Crippen LogP contribution in [-0.4, -0.2) is 34.9 Å². The molecule has 0 radical (unpaired) electrons. The van der Waals surface area contributed by atoms with Gasteiger partial charge in [0.05, 0.1) is 6.54 Å². The van der Waals surface area contributed by atoms with Crippen molar-refractivity contribution in [3.8, 4) is 0 Å². The maximum Gasteiger partial charge on any atom is 0.238 e. The highest BCUT2D eigenvalue weighted by atomic mass is 32.2. The Labute approximate surface area is 125 Å². The van der Waals surface area contributed by atoms with Crippen molar-refractivity contribution in [3.63, 3.8) is 0 Å². The molecule has 1 aromatic carbocycles. The van der Waals surface area contributed by atoms with Crippen molar-refractivity contribution in [3.05, 3.63) is 35.4 Å². The van der Waals surface area contributed by atoms with Gasteiger partial charge >= 0.3 is 0 Å². The highest BCUT2D eigenvalue weighted by Gasteiger charge is 2.33. The minimum Gasteiger partial charge on any atom is -0.321 e. The fourth-order valence-corrected chi connectivity index (χ4v) is 4.36. The lowest BCUT2D eigenvalue weighted by Gasteiger charge is -2.30. The third kappa shape index (κ3) is 3.01. The first-order chi connectivity index (χ1) is 9.74. The SMILES string of the molecule is Cc1cccc(C2NCC(=O)N2CC2CCCCS2)c1. The number of thioether (sulfide) groups is 1. The van der Waals surface area contributed by atoms with E-state index >= 15 is 0 Å². The zero-order valence-electron chi connectivity index (χ0n) is 12.0. The Morgan fingerprint density at radius 1 is 1.40 bits per heavy atom. The number of hydrogen-bond donors (Lipinski definition) is 1. The summed E-state index contributed by atoms with van der Waals surface area (Å²) in [7, 11) is 0. The molecule has 2 aliphatic heterocycles. The standard InChI is InChI=1S/C16H22N2OS/c1-12-5-4-6-13(9-12)16-17-10-15(19)18(16)11-14-7-2-3-8-20-14/h4-6,9,14,16-17H,2-3,7-8,10-11H2,1H3. The molecule has 2 unspecified atom stereocenters. The number of carbonyl (C=O) groups is 1. The number of nitrogens with zero attached hydrogens (tertiary/aromatic N) is 1. The molecule has 20 heavy (non-hydrogen) atoms. The Bertz CT molecular complexity index is 485. The molecule has 2 saturated heterocycles. The zero-order valence-corrected chi connectivity index (χ0v) is 12.8. The van der Waals surface area contributed by atoms with Gasteiger partial charge in [-0.15, -0.1) is 0 Å². The maximum atomic E-state index is 12.2. The predicted octanol–water partition coefficient (Wildman–Crippen LogP) is 2.71. The summed E-state index contributed by atoms with van der Waals surface area (Å²) in [5.41, 5.74) is 2.45. The molecule has 1 N–H and O–H groups in total. The summed E-state index contributed by atoms with van der Waals surface area (Å²) >= 11 is 2.03. The molecule has 108 valence electrons. The molecule has 0 aromatic heterocycles. The van der Waals surface area contributed by atoms with Crippen molar-refractivity contribution in [1.82, 2.24) is 10.2 Å². The van der Waals surface area contributed by atoms with Crippen molar-refractivity contribution in [2.45, 2.75) is 37.6 Å². The van der Waals surface area contributed by atoms with E-state index in [9.17, 15) is 4.79 Å². The highest BCUT2D eigenvalue weighted by Crippen LogP contribution is 2.30. The van der Waals surface area contributed by atoms with Gasteiger partial charge in [-0.05, 0) is 31.1 Å². The van der Waals surface area contributed by atoms with E-state index < -0.39 is 0 Å². The molecule has 2 heterocycles. The molecule has 2 atom stereocenters. The Morgan fingerprint density at radius 3 is 3.05 bits per heavy atom. The van der Waals surface area contributed by atoms with Crippen LogP contribution in [0, 0.1) is 6.92 Å². The number of benzene rings is 1. The summed E-state index contributed by atoms with van der Waals surface area (Å²) in [6.07, 6.45) is 3.94. The van der Waals surface area contributed by atoms with Crippen LogP contribution in [0.4, 0.5) is 0 Å². The monoisotopic (exact) mass is 290 g/mol. The van der Waals surface area contributed by atoms with E-state index in [4.69, 9.17) is 0 Å². The van der Waals surface area contributed by atoms with Gasteiger partial charge in [0.25, 0.3) is 0 Å². The van der Waals surface area contributed by atoms with Gasteiger partial charge in [0.15, 0.2) is 0 Å². The molecule has 3 rings (SSSR count). The number of hydrogen-bond acceptors (Lipinski definition) is 3. The molecule has 2 fully saturated rings. The van der Waals surface area contributed by atoms with Crippen molar-refractivity contribution >= 4 is 17.7 Å². The van der Waals surface area contributed by atoms with Crippen LogP contribution in [0.1, 0.15) is 36.6 Å². The summed E-state index contributed by atoms with van der Waals surface area (Å²) in [5, 5.41) is 3.97. The average molecular weight is 290 g/mol. The second kappa shape index (κ2) is 6.19. The van der Waals surface area contributed by atoms with Crippen molar-refractivity contribution in [1.29, 1.82) is 0 Å². The summed E-state index contributed by atoms with van der Waals surface area (Å²) < 4.78 is 0.